The van der Waals surface area contributed by atoms with Crippen LogP contribution in [-0.4, -0.2) is 11.6 Å². The van der Waals surface area contributed by atoms with Crippen LogP contribution in [0.5, 0.6) is 0 Å². The molecule has 5 heteroatoms. The Morgan fingerprint density at radius 3 is 1.53 bits per heavy atom. The van der Waals surface area contributed by atoms with Gasteiger partial charge in [0.15, 0.2) is 0 Å². The van der Waals surface area contributed by atoms with E-state index in [4.69, 9.17) is 23.2 Å². The number of hydrogen-bond donors (Lipinski definition) is 0. The predicted molar refractivity (Wildman–Crippen MR) is 54.9 cm³/mol. The molecular formula is C10H5Cl2NaO2. The molecule has 1 aliphatic rings. The van der Waals surface area contributed by atoms with Gasteiger partial charge in [0, 0.05) is 11.1 Å². The van der Waals surface area contributed by atoms with E-state index in [0.717, 1.165) is 0 Å². The molecule has 1 aliphatic carbocycles. The molecule has 0 amide bonds. The van der Waals surface area contributed by atoms with Crippen molar-refractivity contribution < 1.29 is 40.6 Å². The molecule has 0 radical (unpaired) electrons. The van der Waals surface area contributed by atoms with Gasteiger partial charge in [-0.15, -0.1) is 0 Å². The van der Waals surface area contributed by atoms with Crippen molar-refractivity contribution in [2.75, 3.05) is 0 Å². The minimum atomic E-state index is -0.396. The van der Waals surface area contributed by atoms with Crippen molar-refractivity contribution in [1.29, 1.82) is 0 Å². The Hall–Kier alpha value is -0.120. The van der Waals surface area contributed by atoms with Gasteiger partial charge in [-0.25, -0.2) is 0 Å². The van der Waals surface area contributed by atoms with Crippen LogP contribution in [0.1, 0.15) is 22.1 Å². The van der Waals surface area contributed by atoms with Gasteiger partial charge in [0.2, 0.25) is 11.6 Å². The van der Waals surface area contributed by atoms with E-state index >= 15 is 0 Å². The van der Waals surface area contributed by atoms with Crippen LogP contribution in [-0.2, 0) is 0 Å². The average Bonchev–Trinajstić information content (AvgIpc) is 2.23. The first kappa shape index (κ1) is 12.9. The van der Waals surface area contributed by atoms with E-state index in [1.54, 1.807) is 24.3 Å². The summed E-state index contributed by atoms with van der Waals surface area (Å²) in [6.07, 6.45) is 0. The van der Waals surface area contributed by atoms with Gasteiger partial charge < -0.3 is 1.43 Å². The Bertz CT molecular complexity index is 442. The van der Waals surface area contributed by atoms with Crippen LogP contribution in [0.2, 0.25) is 0 Å². The molecule has 0 aromatic heterocycles. The summed E-state index contributed by atoms with van der Waals surface area (Å²) in [6, 6.07) is 6.46. The van der Waals surface area contributed by atoms with Gasteiger partial charge in [-0.1, -0.05) is 47.5 Å². The summed E-state index contributed by atoms with van der Waals surface area (Å²) in [4.78, 5) is 23.1. The van der Waals surface area contributed by atoms with Gasteiger partial charge in [-0.2, -0.15) is 0 Å². The second kappa shape index (κ2) is 4.81. The fraction of sp³-hybridized carbons (Fsp3) is 0. The molecule has 2 nitrogen and oxygen atoms in total. The van der Waals surface area contributed by atoms with Gasteiger partial charge in [0.05, 0.1) is 0 Å². The standard InChI is InChI=1S/C10H4Cl2O2.Na.H/c11-7-8(12)10(14)6-4-2-1-3-5(6)9(7)13;;/h1-4H;;/q;+1;-1. The summed E-state index contributed by atoms with van der Waals surface area (Å²) in [5, 5.41) is -0.397. The van der Waals surface area contributed by atoms with Crippen molar-refractivity contribution >= 4 is 34.8 Å². The van der Waals surface area contributed by atoms with Crippen molar-refractivity contribution in [3.05, 3.63) is 45.5 Å². The maximum absolute atomic E-state index is 11.5. The number of fused-ring (bicyclic) bond motifs is 1. The molecule has 15 heavy (non-hydrogen) atoms. The van der Waals surface area contributed by atoms with Gasteiger partial charge in [0.1, 0.15) is 10.1 Å². The molecule has 0 bridgehead atoms. The molecule has 72 valence electrons. The van der Waals surface area contributed by atoms with Crippen LogP contribution in [0.15, 0.2) is 34.3 Å². The maximum Gasteiger partial charge on any atom is 1.00 e. The van der Waals surface area contributed by atoms with Crippen molar-refractivity contribution in [3.63, 3.8) is 0 Å². The first-order valence-electron chi connectivity index (χ1n) is 3.86. The summed E-state index contributed by atoms with van der Waals surface area (Å²) in [5.74, 6) is -0.793. The second-order valence-electron chi connectivity index (χ2n) is 2.83. The topological polar surface area (TPSA) is 34.1 Å². The Kier molecular flexibility index (Phi) is 4.15. The Morgan fingerprint density at radius 2 is 1.20 bits per heavy atom. The summed E-state index contributed by atoms with van der Waals surface area (Å²) < 4.78 is 0. The molecule has 0 unspecified atom stereocenters. The van der Waals surface area contributed by atoms with Crippen LogP contribution in [0.4, 0.5) is 0 Å². The molecule has 0 N–H and O–H groups in total. The Labute approximate surface area is 120 Å². The maximum atomic E-state index is 11.5. The molecule has 1 aromatic carbocycles. The number of carbonyl (C=O) groups excluding carboxylic acids is 2. The fourth-order valence-electron chi connectivity index (χ4n) is 1.31. The van der Waals surface area contributed by atoms with Crippen LogP contribution in [0, 0.1) is 0 Å². The molecule has 0 aliphatic heterocycles. The molecule has 0 fully saturated rings. The monoisotopic (exact) mass is 250 g/mol. The fourth-order valence-corrected chi connectivity index (χ4v) is 1.69. The van der Waals surface area contributed by atoms with Gasteiger partial charge >= 0.3 is 29.6 Å². The number of hydrogen-bond acceptors (Lipinski definition) is 2. The molecule has 0 saturated carbocycles. The SMILES string of the molecule is O=C1C(Cl)=C(Cl)C(=O)c2ccccc21.[H-].[Na+]. The number of Topliss-reactive ketones (excluding diaryl/α,β-unsaturated/α-hetero) is 2. The molecule has 0 atom stereocenters. The van der Waals surface area contributed by atoms with E-state index in [1.807, 2.05) is 0 Å². The Balaban J connectivity index is 0.00000112. The molecule has 2 rings (SSSR count). The summed E-state index contributed by atoms with van der Waals surface area (Å²) in [7, 11) is 0. The number of halogens is 2. The quantitative estimate of drug-likeness (QED) is 0.602. The van der Waals surface area contributed by atoms with Crippen molar-refractivity contribution in [1.82, 2.24) is 0 Å². The van der Waals surface area contributed by atoms with E-state index in [0.29, 0.717) is 11.1 Å². The minimum absolute atomic E-state index is 0. The number of allylic oxidation sites excluding steroid dienone is 2. The Morgan fingerprint density at radius 1 is 0.867 bits per heavy atom. The number of benzene rings is 1. The number of rotatable bonds is 0. The predicted octanol–water partition coefficient (Wildman–Crippen LogP) is -0.129. The van der Waals surface area contributed by atoms with Crippen molar-refractivity contribution in [2.24, 2.45) is 0 Å². The largest absolute Gasteiger partial charge is 1.00 e. The van der Waals surface area contributed by atoms with Gasteiger partial charge in [0.25, 0.3) is 0 Å². The first-order chi connectivity index (χ1) is 6.63. The number of carbonyl (C=O) groups is 2. The third kappa shape index (κ3) is 2.05. The van der Waals surface area contributed by atoms with Crippen LogP contribution < -0.4 is 29.6 Å². The molecule has 0 heterocycles. The minimum Gasteiger partial charge on any atom is -1.00 e. The van der Waals surface area contributed by atoms with Crippen molar-refractivity contribution in [3.8, 4) is 0 Å². The van der Waals surface area contributed by atoms with Crippen LogP contribution in [0.3, 0.4) is 0 Å². The van der Waals surface area contributed by atoms with E-state index in [-0.39, 0.29) is 41.0 Å². The molecular weight excluding hydrogens is 246 g/mol. The summed E-state index contributed by atoms with van der Waals surface area (Å²) in [6.45, 7) is 0. The van der Waals surface area contributed by atoms with E-state index in [9.17, 15) is 9.59 Å². The zero-order chi connectivity index (χ0) is 10.3. The molecule has 0 saturated heterocycles. The van der Waals surface area contributed by atoms with E-state index in [2.05, 4.69) is 0 Å². The summed E-state index contributed by atoms with van der Waals surface area (Å²) >= 11 is 11.2. The second-order valence-corrected chi connectivity index (χ2v) is 3.59. The first-order valence-corrected chi connectivity index (χ1v) is 4.62. The van der Waals surface area contributed by atoms with Gasteiger partial charge in [-0.05, 0) is 0 Å². The van der Waals surface area contributed by atoms with Gasteiger partial charge in [-0.3, -0.25) is 9.59 Å². The average molecular weight is 251 g/mol. The van der Waals surface area contributed by atoms with E-state index in [1.165, 1.54) is 0 Å². The van der Waals surface area contributed by atoms with Crippen LogP contribution in [0.25, 0.3) is 0 Å². The van der Waals surface area contributed by atoms with Crippen molar-refractivity contribution in [2.45, 2.75) is 0 Å². The third-order valence-electron chi connectivity index (χ3n) is 2.01. The third-order valence-corrected chi connectivity index (χ3v) is 2.83. The molecule has 1 aromatic rings. The van der Waals surface area contributed by atoms with E-state index < -0.39 is 11.6 Å². The molecule has 0 spiro atoms. The smallest absolute Gasteiger partial charge is 1.00 e. The number of ketones is 2. The zero-order valence-corrected chi connectivity index (χ0v) is 11.4. The summed E-state index contributed by atoms with van der Waals surface area (Å²) in [5.41, 5.74) is 0.624. The van der Waals surface area contributed by atoms with Crippen LogP contribution >= 0.6 is 23.2 Å². The normalized spacial score (nSPS) is 14.8. The zero-order valence-electron chi connectivity index (χ0n) is 8.88.